The van der Waals surface area contributed by atoms with Crippen molar-refractivity contribution in [3.8, 4) is 5.75 Å². The van der Waals surface area contributed by atoms with Crippen molar-refractivity contribution in [2.24, 2.45) is 5.92 Å². The second kappa shape index (κ2) is 4.67. The lowest BCUT2D eigenvalue weighted by atomic mass is 10.1. The first-order valence-corrected chi connectivity index (χ1v) is 6.44. The summed E-state index contributed by atoms with van der Waals surface area (Å²) < 4.78 is 0.797. The van der Waals surface area contributed by atoms with E-state index < -0.39 is 0 Å². The van der Waals surface area contributed by atoms with E-state index in [1.165, 1.54) is 0 Å². The Labute approximate surface area is 108 Å². The number of amides is 1. The number of anilines is 1. The van der Waals surface area contributed by atoms with Gasteiger partial charge in [-0.25, -0.2) is 0 Å². The molecule has 1 unspecified atom stereocenters. The molecular weight excluding hydrogens is 290 g/mol. The van der Waals surface area contributed by atoms with E-state index in [2.05, 4.69) is 28.6 Å². The van der Waals surface area contributed by atoms with Crippen molar-refractivity contribution in [3.05, 3.63) is 22.7 Å². The van der Waals surface area contributed by atoms with Crippen LogP contribution in [0.2, 0.25) is 0 Å². The summed E-state index contributed by atoms with van der Waals surface area (Å²) in [5.41, 5.74) is 0.581. The average molecular weight is 302 g/mol. The van der Waals surface area contributed by atoms with Crippen molar-refractivity contribution in [1.29, 1.82) is 0 Å². The first kappa shape index (κ1) is 11.8. The maximum Gasteiger partial charge on any atom is 0.227 e. The number of carbonyl (C=O) groups is 1. The van der Waals surface area contributed by atoms with Crippen molar-refractivity contribution in [3.63, 3.8) is 0 Å². The highest BCUT2D eigenvalue weighted by atomic mass is 79.9. The Kier molecular flexibility index (Phi) is 3.44. The third kappa shape index (κ3) is 2.20. The zero-order valence-electron chi connectivity index (χ0n) is 8.56. The smallest absolute Gasteiger partial charge is 0.227 e. The lowest BCUT2D eigenvalue weighted by Crippen LogP contribution is -2.24. The maximum absolute atomic E-state index is 11.8. The minimum Gasteiger partial charge on any atom is -0.506 e. The molecule has 0 radical (unpaired) electrons. The van der Waals surface area contributed by atoms with Gasteiger partial charge in [-0.1, -0.05) is 15.9 Å². The molecule has 1 N–H and O–H groups in total. The van der Waals surface area contributed by atoms with Crippen molar-refractivity contribution < 1.29 is 9.90 Å². The zero-order chi connectivity index (χ0) is 11.7. The first-order valence-electron chi connectivity index (χ1n) is 5.01. The highest BCUT2D eigenvalue weighted by molar-refractivity contribution is 9.10. The van der Waals surface area contributed by atoms with Crippen LogP contribution in [0.15, 0.2) is 22.7 Å². The molecule has 86 valence electrons. The zero-order valence-corrected chi connectivity index (χ0v) is 11.0. The molecular formula is C11H12BrNO2S. The summed E-state index contributed by atoms with van der Waals surface area (Å²) in [6, 6.07) is 5.16. The number of benzene rings is 1. The summed E-state index contributed by atoms with van der Waals surface area (Å²) in [4.78, 5) is 13.4. The van der Waals surface area contributed by atoms with Crippen LogP contribution in [0.25, 0.3) is 0 Å². The topological polar surface area (TPSA) is 40.5 Å². The molecule has 1 heterocycles. The summed E-state index contributed by atoms with van der Waals surface area (Å²) >= 11 is 7.47. The fraction of sp³-hybridized carbons (Fsp3) is 0.364. The Hall–Kier alpha value is -0.680. The van der Waals surface area contributed by atoms with E-state index in [-0.39, 0.29) is 17.6 Å². The van der Waals surface area contributed by atoms with Crippen molar-refractivity contribution in [1.82, 2.24) is 0 Å². The van der Waals surface area contributed by atoms with Crippen LogP contribution < -0.4 is 4.90 Å². The van der Waals surface area contributed by atoms with Gasteiger partial charge >= 0.3 is 0 Å². The summed E-state index contributed by atoms with van der Waals surface area (Å²) in [6.07, 6.45) is 0.513. The number of aromatic hydroxyl groups is 1. The molecule has 0 bridgehead atoms. The van der Waals surface area contributed by atoms with Crippen LogP contribution in [0.1, 0.15) is 6.42 Å². The number of phenolic OH excluding ortho intramolecular Hbond substituents is 1. The SMILES string of the molecule is O=C1CC(CS)CN1c1ccc(Br)cc1O. The molecule has 1 amide bonds. The Morgan fingerprint density at radius 1 is 1.56 bits per heavy atom. The van der Waals surface area contributed by atoms with Crippen molar-refractivity contribution in [2.75, 3.05) is 17.2 Å². The van der Waals surface area contributed by atoms with Crippen LogP contribution in [-0.2, 0) is 4.79 Å². The molecule has 2 rings (SSSR count). The molecule has 0 aliphatic carbocycles. The molecule has 0 aromatic heterocycles. The van der Waals surface area contributed by atoms with Crippen LogP contribution in [0, 0.1) is 5.92 Å². The van der Waals surface area contributed by atoms with Crippen molar-refractivity contribution in [2.45, 2.75) is 6.42 Å². The van der Waals surface area contributed by atoms with Crippen LogP contribution in [0.5, 0.6) is 5.75 Å². The van der Waals surface area contributed by atoms with E-state index >= 15 is 0 Å². The van der Waals surface area contributed by atoms with Gasteiger partial charge in [0, 0.05) is 17.4 Å². The lowest BCUT2D eigenvalue weighted by molar-refractivity contribution is -0.117. The molecule has 1 aliphatic rings. The largest absolute Gasteiger partial charge is 0.506 e. The first-order chi connectivity index (χ1) is 7.61. The molecule has 0 spiro atoms. The van der Waals surface area contributed by atoms with Gasteiger partial charge in [0.15, 0.2) is 0 Å². The van der Waals surface area contributed by atoms with Gasteiger partial charge in [-0.3, -0.25) is 4.79 Å². The minimum absolute atomic E-state index is 0.0525. The molecule has 1 atom stereocenters. The van der Waals surface area contributed by atoms with E-state index in [0.717, 1.165) is 4.47 Å². The van der Waals surface area contributed by atoms with E-state index in [9.17, 15) is 9.90 Å². The molecule has 3 nitrogen and oxygen atoms in total. The molecule has 1 fully saturated rings. The van der Waals surface area contributed by atoms with Gasteiger partial charge in [-0.2, -0.15) is 12.6 Å². The van der Waals surface area contributed by atoms with E-state index in [1.807, 2.05) is 6.07 Å². The number of halogens is 1. The molecule has 1 aromatic carbocycles. The lowest BCUT2D eigenvalue weighted by Gasteiger charge is -2.17. The Morgan fingerprint density at radius 3 is 2.88 bits per heavy atom. The predicted octanol–water partition coefficient (Wildman–Crippen LogP) is 2.44. The summed E-state index contributed by atoms with van der Waals surface area (Å²) in [6.45, 7) is 0.636. The monoisotopic (exact) mass is 301 g/mol. The second-order valence-electron chi connectivity index (χ2n) is 3.89. The van der Waals surface area contributed by atoms with Crippen molar-refractivity contribution >= 4 is 40.2 Å². The molecule has 1 saturated heterocycles. The minimum atomic E-state index is 0.0525. The summed E-state index contributed by atoms with van der Waals surface area (Å²) in [5.74, 6) is 1.15. The quantitative estimate of drug-likeness (QED) is 0.824. The number of carbonyl (C=O) groups excluding carboxylic acids is 1. The Morgan fingerprint density at radius 2 is 2.31 bits per heavy atom. The van der Waals surface area contributed by atoms with E-state index in [0.29, 0.717) is 24.4 Å². The number of rotatable bonds is 2. The molecule has 1 aromatic rings. The second-order valence-corrected chi connectivity index (χ2v) is 5.17. The number of thiol groups is 1. The van der Waals surface area contributed by atoms with Gasteiger partial charge in [0.25, 0.3) is 0 Å². The van der Waals surface area contributed by atoms with Gasteiger partial charge in [0.2, 0.25) is 5.91 Å². The molecule has 1 aliphatic heterocycles. The van der Waals surface area contributed by atoms with Gasteiger partial charge in [-0.05, 0) is 29.9 Å². The molecule has 0 saturated carbocycles. The standard InChI is InChI=1S/C11H12BrNO2S/c12-8-1-2-9(10(14)4-8)13-5-7(6-16)3-11(13)15/h1-2,4,7,14,16H,3,5-6H2. The van der Waals surface area contributed by atoms with Gasteiger partial charge in [-0.15, -0.1) is 0 Å². The number of phenols is 1. The third-order valence-corrected chi connectivity index (χ3v) is 3.70. The average Bonchev–Trinajstić information content (AvgIpc) is 2.60. The Balaban J connectivity index is 2.28. The maximum atomic E-state index is 11.8. The van der Waals surface area contributed by atoms with E-state index in [4.69, 9.17) is 0 Å². The van der Waals surface area contributed by atoms with Crippen LogP contribution >= 0.6 is 28.6 Å². The van der Waals surface area contributed by atoms with Crippen LogP contribution in [-0.4, -0.2) is 23.3 Å². The van der Waals surface area contributed by atoms with Gasteiger partial charge in [0.05, 0.1) is 5.69 Å². The highest BCUT2D eigenvalue weighted by Gasteiger charge is 2.30. The summed E-state index contributed by atoms with van der Waals surface area (Å²) in [5, 5.41) is 9.79. The highest BCUT2D eigenvalue weighted by Crippen LogP contribution is 2.34. The third-order valence-electron chi connectivity index (χ3n) is 2.69. The van der Waals surface area contributed by atoms with Gasteiger partial charge < -0.3 is 10.0 Å². The number of nitrogens with zero attached hydrogens (tertiary/aromatic N) is 1. The number of hydrogen-bond acceptors (Lipinski definition) is 3. The fourth-order valence-corrected chi connectivity index (χ4v) is 2.46. The summed E-state index contributed by atoms with van der Waals surface area (Å²) in [7, 11) is 0. The Bertz CT molecular complexity index is 424. The van der Waals surface area contributed by atoms with E-state index in [1.54, 1.807) is 17.0 Å². The van der Waals surface area contributed by atoms with Crippen LogP contribution in [0.3, 0.4) is 0 Å². The fourth-order valence-electron chi connectivity index (χ4n) is 1.86. The predicted molar refractivity (Wildman–Crippen MR) is 70.1 cm³/mol. The number of hydrogen-bond donors (Lipinski definition) is 2. The molecule has 16 heavy (non-hydrogen) atoms. The van der Waals surface area contributed by atoms with Crippen LogP contribution in [0.4, 0.5) is 5.69 Å². The normalized spacial score (nSPS) is 20.5. The molecule has 5 heteroatoms. The van der Waals surface area contributed by atoms with Gasteiger partial charge in [0.1, 0.15) is 5.75 Å².